The van der Waals surface area contributed by atoms with Crippen molar-refractivity contribution in [3.8, 4) is 0 Å². The van der Waals surface area contributed by atoms with Gasteiger partial charge in [-0.05, 0) is 44.0 Å². The second-order valence-corrected chi connectivity index (χ2v) is 8.20. The van der Waals surface area contributed by atoms with Crippen LogP contribution in [0, 0.1) is 0 Å². The standard InChI is InChI=1S/C29H27FO5/c1-19(24-15-10-16-25(18-24)27(31)23-13-8-5-9-14-23)28(32)34-20(2)21(3)35-29(33)26(30)17-22-11-6-4-7-12-22/h4-21H,1-3H3/b26-17-. The molecule has 0 amide bonds. The topological polar surface area (TPSA) is 69.7 Å². The zero-order valence-corrected chi connectivity index (χ0v) is 19.8. The van der Waals surface area contributed by atoms with E-state index in [1.807, 2.05) is 6.07 Å². The molecular formula is C29H27FO5. The Balaban J connectivity index is 1.60. The molecule has 35 heavy (non-hydrogen) atoms. The summed E-state index contributed by atoms with van der Waals surface area (Å²) in [7, 11) is 0. The molecule has 3 aromatic rings. The third-order valence-electron chi connectivity index (χ3n) is 5.58. The molecule has 0 spiro atoms. The molecule has 0 heterocycles. The Morgan fingerprint density at radius 2 is 1.31 bits per heavy atom. The van der Waals surface area contributed by atoms with Gasteiger partial charge in [-0.3, -0.25) is 9.59 Å². The maximum Gasteiger partial charge on any atom is 0.367 e. The lowest BCUT2D eigenvalue weighted by atomic mass is 9.96. The lowest BCUT2D eigenvalue weighted by molar-refractivity contribution is -0.164. The molecule has 3 atom stereocenters. The molecule has 180 valence electrons. The van der Waals surface area contributed by atoms with Gasteiger partial charge in [0.2, 0.25) is 5.83 Å². The number of hydrogen-bond donors (Lipinski definition) is 0. The SMILES string of the molecule is CC(C(=O)OC(C)C(C)OC(=O)/C(F)=C/c1ccccc1)c1cccc(C(=O)c2ccccc2)c1. The molecule has 0 fully saturated rings. The van der Waals surface area contributed by atoms with Crippen molar-refractivity contribution in [3.63, 3.8) is 0 Å². The van der Waals surface area contributed by atoms with Crippen molar-refractivity contribution >= 4 is 23.8 Å². The maximum absolute atomic E-state index is 14.2. The average Bonchev–Trinajstić information content (AvgIpc) is 2.88. The first kappa shape index (κ1) is 25.6. The largest absolute Gasteiger partial charge is 0.458 e. The number of carbonyl (C=O) groups excluding carboxylic acids is 3. The minimum atomic E-state index is -1.13. The van der Waals surface area contributed by atoms with Crippen LogP contribution >= 0.6 is 0 Å². The van der Waals surface area contributed by atoms with Crippen LogP contribution in [0.25, 0.3) is 6.08 Å². The van der Waals surface area contributed by atoms with E-state index >= 15 is 0 Å². The van der Waals surface area contributed by atoms with Gasteiger partial charge in [0.05, 0.1) is 5.92 Å². The molecule has 6 heteroatoms. The third kappa shape index (κ3) is 6.96. The number of halogens is 1. The summed E-state index contributed by atoms with van der Waals surface area (Å²) in [5.41, 5.74) is 2.16. The third-order valence-corrected chi connectivity index (χ3v) is 5.58. The molecule has 3 unspecified atom stereocenters. The lowest BCUT2D eigenvalue weighted by Crippen LogP contribution is -2.32. The average molecular weight is 475 g/mol. The minimum Gasteiger partial charge on any atom is -0.458 e. The van der Waals surface area contributed by atoms with E-state index < -0.39 is 35.9 Å². The normalized spacial score (nSPS) is 13.9. The molecule has 3 rings (SSSR count). The lowest BCUT2D eigenvalue weighted by Gasteiger charge is -2.22. The van der Waals surface area contributed by atoms with Crippen LogP contribution in [-0.4, -0.2) is 29.9 Å². The summed E-state index contributed by atoms with van der Waals surface area (Å²) < 4.78 is 24.8. The van der Waals surface area contributed by atoms with Gasteiger partial charge in [0.1, 0.15) is 12.2 Å². The van der Waals surface area contributed by atoms with Crippen LogP contribution in [0.1, 0.15) is 53.7 Å². The fourth-order valence-electron chi connectivity index (χ4n) is 3.30. The second-order valence-electron chi connectivity index (χ2n) is 8.20. The van der Waals surface area contributed by atoms with E-state index in [1.54, 1.807) is 92.7 Å². The Morgan fingerprint density at radius 1 is 0.743 bits per heavy atom. The van der Waals surface area contributed by atoms with E-state index in [1.165, 1.54) is 6.92 Å². The number of hydrogen-bond acceptors (Lipinski definition) is 5. The van der Waals surface area contributed by atoms with Gasteiger partial charge in [-0.1, -0.05) is 78.9 Å². The predicted molar refractivity (Wildman–Crippen MR) is 131 cm³/mol. The second kappa shape index (κ2) is 11.9. The molecule has 0 N–H and O–H groups in total. The van der Waals surface area contributed by atoms with Crippen LogP contribution in [0.2, 0.25) is 0 Å². The summed E-state index contributed by atoms with van der Waals surface area (Å²) in [6, 6.07) is 24.2. The van der Waals surface area contributed by atoms with Gasteiger partial charge in [-0.2, -0.15) is 4.39 Å². The van der Waals surface area contributed by atoms with Crippen molar-refractivity contribution in [1.82, 2.24) is 0 Å². The van der Waals surface area contributed by atoms with Crippen molar-refractivity contribution < 1.29 is 28.2 Å². The first-order valence-electron chi connectivity index (χ1n) is 11.3. The van der Waals surface area contributed by atoms with Crippen LogP contribution in [0.5, 0.6) is 0 Å². The Bertz CT molecular complexity index is 1200. The monoisotopic (exact) mass is 474 g/mol. The Hall–Kier alpha value is -4.06. The zero-order chi connectivity index (χ0) is 25.4. The molecule has 0 aliphatic heterocycles. The summed E-state index contributed by atoms with van der Waals surface area (Å²) in [6.45, 7) is 4.76. The zero-order valence-electron chi connectivity index (χ0n) is 19.8. The fraction of sp³-hybridized carbons (Fsp3) is 0.207. The van der Waals surface area contributed by atoms with Crippen molar-refractivity contribution in [1.29, 1.82) is 0 Å². The molecule has 0 bridgehead atoms. The number of ketones is 1. The number of benzene rings is 3. The summed E-state index contributed by atoms with van der Waals surface area (Å²) in [5, 5.41) is 0. The highest BCUT2D eigenvalue weighted by molar-refractivity contribution is 6.09. The van der Waals surface area contributed by atoms with Crippen LogP contribution in [0.4, 0.5) is 4.39 Å². The molecular weight excluding hydrogens is 447 g/mol. The van der Waals surface area contributed by atoms with E-state index in [2.05, 4.69) is 0 Å². The van der Waals surface area contributed by atoms with E-state index in [0.29, 0.717) is 22.3 Å². The Morgan fingerprint density at radius 3 is 1.97 bits per heavy atom. The van der Waals surface area contributed by atoms with Crippen LogP contribution < -0.4 is 0 Å². The van der Waals surface area contributed by atoms with E-state index in [4.69, 9.17) is 9.47 Å². The first-order valence-corrected chi connectivity index (χ1v) is 11.3. The quantitative estimate of drug-likeness (QED) is 0.220. The Kier molecular flexibility index (Phi) is 8.68. The van der Waals surface area contributed by atoms with Crippen molar-refractivity contribution in [3.05, 3.63) is 113 Å². The number of esters is 2. The van der Waals surface area contributed by atoms with Gasteiger partial charge in [0, 0.05) is 11.1 Å². The van der Waals surface area contributed by atoms with Gasteiger partial charge in [0.15, 0.2) is 5.78 Å². The van der Waals surface area contributed by atoms with E-state index in [0.717, 1.165) is 6.08 Å². The predicted octanol–water partition coefficient (Wildman–Crippen LogP) is 5.90. The van der Waals surface area contributed by atoms with Crippen molar-refractivity contribution in [2.24, 2.45) is 0 Å². The molecule has 0 saturated heterocycles. The molecule has 0 aromatic heterocycles. The molecule has 0 saturated carbocycles. The van der Waals surface area contributed by atoms with Gasteiger partial charge in [-0.25, -0.2) is 4.79 Å². The van der Waals surface area contributed by atoms with E-state index in [-0.39, 0.29) is 5.78 Å². The molecule has 0 radical (unpaired) electrons. The van der Waals surface area contributed by atoms with Gasteiger partial charge in [-0.15, -0.1) is 0 Å². The van der Waals surface area contributed by atoms with E-state index in [9.17, 15) is 18.8 Å². The molecule has 0 aliphatic carbocycles. The minimum absolute atomic E-state index is 0.146. The van der Waals surface area contributed by atoms with Crippen molar-refractivity contribution in [2.45, 2.75) is 38.9 Å². The van der Waals surface area contributed by atoms with Gasteiger partial charge < -0.3 is 9.47 Å². The Labute approximate surface area is 204 Å². The first-order chi connectivity index (χ1) is 16.8. The molecule has 0 aliphatic rings. The number of ether oxygens (including phenoxy) is 2. The maximum atomic E-state index is 14.2. The highest BCUT2D eigenvalue weighted by Crippen LogP contribution is 2.22. The highest BCUT2D eigenvalue weighted by atomic mass is 19.1. The number of carbonyl (C=O) groups is 3. The fourth-order valence-corrected chi connectivity index (χ4v) is 3.30. The van der Waals surface area contributed by atoms with Gasteiger partial charge in [0.25, 0.3) is 0 Å². The van der Waals surface area contributed by atoms with Crippen LogP contribution in [0.15, 0.2) is 90.8 Å². The summed E-state index contributed by atoms with van der Waals surface area (Å²) >= 11 is 0. The van der Waals surface area contributed by atoms with Crippen LogP contribution in [0.3, 0.4) is 0 Å². The summed E-state index contributed by atoms with van der Waals surface area (Å²) in [5.74, 6) is -3.55. The highest BCUT2D eigenvalue weighted by Gasteiger charge is 2.26. The number of rotatable bonds is 9. The van der Waals surface area contributed by atoms with Gasteiger partial charge >= 0.3 is 11.9 Å². The summed E-state index contributed by atoms with van der Waals surface area (Å²) in [4.78, 5) is 37.6. The van der Waals surface area contributed by atoms with Crippen molar-refractivity contribution in [2.75, 3.05) is 0 Å². The molecule has 5 nitrogen and oxygen atoms in total. The smallest absolute Gasteiger partial charge is 0.367 e. The van der Waals surface area contributed by atoms with Crippen LogP contribution in [-0.2, 0) is 19.1 Å². The summed E-state index contributed by atoms with van der Waals surface area (Å²) in [6.07, 6.45) is -0.607. The molecule has 3 aromatic carbocycles.